The van der Waals surface area contributed by atoms with Crippen LogP contribution in [0.5, 0.6) is 5.75 Å². The molecule has 0 saturated carbocycles. The first-order valence-corrected chi connectivity index (χ1v) is 7.71. The summed E-state index contributed by atoms with van der Waals surface area (Å²) in [5.41, 5.74) is 1.04. The van der Waals surface area contributed by atoms with Gasteiger partial charge < -0.3 is 10.4 Å². The molecule has 1 aliphatic rings. The molecule has 0 unspecified atom stereocenters. The summed E-state index contributed by atoms with van der Waals surface area (Å²) in [5, 5.41) is 22.1. The van der Waals surface area contributed by atoms with Gasteiger partial charge in [0.15, 0.2) is 0 Å². The van der Waals surface area contributed by atoms with Gasteiger partial charge in [0.2, 0.25) is 0 Å². The third-order valence-electron chi connectivity index (χ3n) is 3.30. The van der Waals surface area contributed by atoms with Crippen molar-refractivity contribution >= 4 is 56.7 Å². The normalized spacial score (nSPS) is 16.2. The van der Waals surface area contributed by atoms with Crippen molar-refractivity contribution in [3.8, 4) is 11.8 Å². The molecular weight excluding hydrogens is 445 g/mol. The lowest BCUT2D eigenvalue weighted by Crippen LogP contribution is -2.45. The monoisotopic (exact) mass is 459 g/mol. The number of benzene rings is 1. The van der Waals surface area contributed by atoms with Crippen molar-refractivity contribution in [1.82, 2.24) is 10.2 Å². The van der Waals surface area contributed by atoms with E-state index < -0.39 is 0 Å². The van der Waals surface area contributed by atoms with Gasteiger partial charge in [-0.05, 0) is 49.6 Å². The number of halogens is 4. The Morgan fingerprint density at radius 3 is 2.24 bits per heavy atom. The zero-order valence-corrected chi connectivity index (χ0v) is 16.0. The van der Waals surface area contributed by atoms with Crippen LogP contribution in [0.4, 0.5) is 0 Å². The number of aromatic hydroxyl groups is 1. The van der Waals surface area contributed by atoms with Crippen LogP contribution in [-0.4, -0.2) is 36.2 Å². The van der Waals surface area contributed by atoms with E-state index in [0.717, 1.165) is 31.7 Å². The minimum Gasteiger partial charge on any atom is -0.506 e. The molecule has 0 spiro atoms. The summed E-state index contributed by atoms with van der Waals surface area (Å²) in [6.07, 6.45) is 0.448. The van der Waals surface area contributed by atoms with Crippen molar-refractivity contribution in [3.63, 3.8) is 0 Å². The molecule has 2 rings (SSSR count). The van der Waals surface area contributed by atoms with Gasteiger partial charge in [-0.1, -0.05) is 0 Å². The molecule has 0 aromatic heterocycles. The van der Waals surface area contributed by atoms with E-state index in [2.05, 4.69) is 48.1 Å². The summed E-state index contributed by atoms with van der Waals surface area (Å²) < 4.78 is 1.30. The van der Waals surface area contributed by atoms with Gasteiger partial charge in [-0.2, -0.15) is 5.26 Å². The highest BCUT2D eigenvalue weighted by Gasteiger charge is 2.23. The van der Waals surface area contributed by atoms with Gasteiger partial charge in [-0.25, -0.2) is 0 Å². The molecule has 0 aliphatic carbocycles. The summed E-state index contributed by atoms with van der Waals surface area (Å²) >= 11 is 6.69. The van der Waals surface area contributed by atoms with E-state index in [-0.39, 0.29) is 36.6 Å². The highest BCUT2D eigenvalue weighted by atomic mass is 79.9. The van der Waals surface area contributed by atoms with Crippen LogP contribution >= 0.6 is 56.7 Å². The quantitative estimate of drug-likeness (QED) is 0.721. The Bertz CT molecular complexity index is 482. The molecule has 1 fully saturated rings. The smallest absolute Gasteiger partial charge is 0.143 e. The standard InChI is InChI=1S/C13H15Br2N3O.2ClH/c14-10-7-9(8-11(15)13(10)19)12(1-2-16)18-5-3-17-4-6-18;;/h7-8,12,17,19H,1,3-6H2;2*1H/t12-;;/m0../s1. The Labute approximate surface area is 154 Å². The van der Waals surface area contributed by atoms with Crippen molar-refractivity contribution in [1.29, 1.82) is 5.26 Å². The largest absolute Gasteiger partial charge is 0.506 e. The molecule has 1 atom stereocenters. The number of nitrogens with one attached hydrogen (secondary N) is 1. The molecule has 1 aromatic carbocycles. The first-order valence-electron chi connectivity index (χ1n) is 6.13. The third kappa shape index (κ3) is 5.27. The van der Waals surface area contributed by atoms with Crippen molar-refractivity contribution in [3.05, 3.63) is 26.6 Å². The van der Waals surface area contributed by atoms with Crippen LogP contribution in [0, 0.1) is 11.3 Å². The molecule has 4 nitrogen and oxygen atoms in total. The molecular formula is C13H17Br2Cl2N3O. The summed E-state index contributed by atoms with van der Waals surface area (Å²) in [6, 6.07) is 6.12. The highest BCUT2D eigenvalue weighted by Crippen LogP contribution is 2.37. The average molecular weight is 462 g/mol. The van der Waals surface area contributed by atoms with Gasteiger partial charge in [0.25, 0.3) is 0 Å². The highest BCUT2D eigenvalue weighted by molar-refractivity contribution is 9.11. The van der Waals surface area contributed by atoms with Crippen LogP contribution < -0.4 is 5.32 Å². The first-order chi connectivity index (χ1) is 9.13. The fourth-order valence-corrected chi connectivity index (χ4v) is 3.54. The van der Waals surface area contributed by atoms with Crippen LogP contribution in [0.15, 0.2) is 21.1 Å². The van der Waals surface area contributed by atoms with E-state index in [1.54, 1.807) is 0 Å². The second kappa shape index (κ2) is 9.88. The second-order valence-electron chi connectivity index (χ2n) is 4.50. The number of hydrogen-bond acceptors (Lipinski definition) is 4. The second-order valence-corrected chi connectivity index (χ2v) is 6.21. The van der Waals surface area contributed by atoms with Crippen LogP contribution in [0.1, 0.15) is 18.0 Å². The Morgan fingerprint density at radius 1 is 1.24 bits per heavy atom. The maximum atomic E-state index is 9.77. The molecule has 118 valence electrons. The molecule has 21 heavy (non-hydrogen) atoms. The van der Waals surface area contributed by atoms with Gasteiger partial charge in [0, 0.05) is 32.2 Å². The number of rotatable bonds is 3. The molecule has 1 aliphatic heterocycles. The number of nitrogens with zero attached hydrogens (tertiary/aromatic N) is 2. The predicted molar refractivity (Wildman–Crippen MR) is 95.4 cm³/mol. The SMILES string of the molecule is Cl.Cl.N#CC[C@@H](c1cc(Br)c(O)c(Br)c1)N1CCNCC1. The molecule has 2 N–H and O–H groups in total. The first kappa shape index (κ1) is 21.0. The molecule has 1 aromatic rings. The summed E-state index contributed by atoms with van der Waals surface area (Å²) in [5.74, 6) is 0.194. The third-order valence-corrected chi connectivity index (χ3v) is 4.51. The van der Waals surface area contributed by atoms with E-state index in [4.69, 9.17) is 5.26 Å². The van der Waals surface area contributed by atoms with E-state index in [1.807, 2.05) is 12.1 Å². The summed E-state index contributed by atoms with van der Waals surface area (Å²) in [4.78, 5) is 2.31. The van der Waals surface area contributed by atoms with Gasteiger partial charge in [0.1, 0.15) is 5.75 Å². The van der Waals surface area contributed by atoms with Crippen LogP contribution in [0.25, 0.3) is 0 Å². The number of phenols is 1. The average Bonchev–Trinajstić information content (AvgIpc) is 2.42. The minimum absolute atomic E-state index is 0. The number of phenolic OH excluding ortho intramolecular Hbond substituents is 1. The van der Waals surface area contributed by atoms with Crippen molar-refractivity contribution in [2.45, 2.75) is 12.5 Å². The summed E-state index contributed by atoms with van der Waals surface area (Å²) in [6.45, 7) is 3.76. The van der Waals surface area contributed by atoms with Gasteiger partial charge in [-0.15, -0.1) is 24.8 Å². The maximum Gasteiger partial charge on any atom is 0.143 e. The van der Waals surface area contributed by atoms with E-state index >= 15 is 0 Å². The molecule has 8 heteroatoms. The Hall–Kier alpha value is -0.0300. The lowest BCUT2D eigenvalue weighted by molar-refractivity contribution is 0.175. The van der Waals surface area contributed by atoms with Crippen LogP contribution in [-0.2, 0) is 0 Å². The van der Waals surface area contributed by atoms with Crippen molar-refractivity contribution in [2.75, 3.05) is 26.2 Å². The fraction of sp³-hybridized carbons (Fsp3) is 0.462. The number of nitriles is 1. The predicted octanol–water partition coefficient (Wildman–Crippen LogP) is 3.62. The molecule has 1 heterocycles. The molecule has 1 saturated heterocycles. The van der Waals surface area contributed by atoms with E-state index in [9.17, 15) is 5.11 Å². The lowest BCUT2D eigenvalue weighted by Gasteiger charge is -2.34. The van der Waals surface area contributed by atoms with Crippen LogP contribution in [0.2, 0.25) is 0 Å². The number of hydrogen-bond donors (Lipinski definition) is 2. The van der Waals surface area contributed by atoms with Crippen molar-refractivity contribution < 1.29 is 5.11 Å². The van der Waals surface area contributed by atoms with Gasteiger partial charge in [-0.3, -0.25) is 4.90 Å². The Kier molecular flexibility index (Phi) is 9.87. The minimum atomic E-state index is 0. The van der Waals surface area contributed by atoms with E-state index in [1.165, 1.54) is 0 Å². The van der Waals surface area contributed by atoms with E-state index in [0.29, 0.717) is 15.4 Å². The molecule has 0 amide bonds. The van der Waals surface area contributed by atoms with Gasteiger partial charge in [0.05, 0.1) is 21.4 Å². The topological polar surface area (TPSA) is 59.3 Å². The Balaban J connectivity index is 0.00000200. The van der Waals surface area contributed by atoms with Crippen molar-refractivity contribution in [2.24, 2.45) is 0 Å². The molecule has 0 bridgehead atoms. The lowest BCUT2D eigenvalue weighted by atomic mass is 10.0. The summed E-state index contributed by atoms with van der Waals surface area (Å²) in [7, 11) is 0. The number of piperazine rings is 1. The molecule has 0 radical (unpaired) electrons. The Morgan fingerprint density at radius 2 is 1.76 bits per heavy atom. The zero-order chi connectivity index (χ0) is 13.8. The fourth-order valence-electron chi connectivity index (χ4n) is 2.32. The maximum absolute atomic E-state index is 9.77. The van der Waals surface area contributed by atoms with Gasteiger partial charge >= 0.3 is 0 Å². The zero-order valence-electron chi connectivity index (χ0n) is 11.2. The van der Waals surface area contributed by atoms with Crippen LogP contribution in [0.3, 0.4) is 0 Å².